The molecule has 0 atom stereocenters. The molecule has 5 nitrogen and oxygen atoms in total. The molecule has 0 aromatic heterocycles. The van der Waals surface area contributed by atoms with Crippen molar-refractivity contribution in [2.75, 3.05) is 18.1 Å². The maximum Gasteiger partial charge on any atom is 0.302 e. The molecule has 0 spiro atoms. The summed E-state index contributed by atoms with van der Waals surface area (Å²) in [6.45, 7) is 1.08. The van der Waals surface area contributed by atoms with Crippen LogP contribution in [0.3, 0.4) is 0 Å². The molecule has 0 fully saturated rings. The van der Waals surface area contributed by atoms with Gasteiger partial charge in [-0.3, -0.25) is 4.79 Å². The Hall–Kier alpha value is -2.08. The van der Waals surface area contributed by atoms with Crippen LogP contribution in [0, 0.1) is 0 Å². The van der Waals surface area contributed by atoms with Crippen LogP contribution in [0.25, 0.3) is 10.8 Å². The van der Waals surface area contributed by atoms with E-state index in [4.69, 9.17) is 10.5 Å². The molecule has 0 saturated carbocycles. The highest BCUT2D eigenvalue weighted by Gasteiger charge is 2.18. The average molecular weight is 293 g/mol. The number of carbonyl (C=O) groups excluding carboxylic acids is 1. The molecule has 20 heavy (non-hydrogen) atoms. The number of fused-ring (bicyclic) bond motifs is 1. The maximum absolute atomic E-state index is 12.3. The van der Waals surface area contributed by atoms with E-state index in [2.05, 4.69) is 0 Å². The van der Waals surface area contributed by atoms with Crippen molar-refractivity contribution in [2.45, 2.75) is 11.8 Å². The monoisotopic (exact) mass is 293 g/mol. The predicted octanol–water partition coefficient (Wildman–Crippen LogP) is 1.76. The lowest BCUT2D eigenvalue weighted by Gasteiger charge is -2.09. The molecule has 2 N–H and O–H groups in total. The summed E-state index contributed by atoms with van der Waals surface area (Å²) in [7, 11) is -3.53. The number of benzene rings is 2. The average Bonchev–Trinajstić information content (AvgIpc) is 2.37. The molecule has 0 saturated heterocycles. The molecule has 0 amide bonds. The highest BCUT2D eigenvalue weighted by Crippen LogP contribution is 2.25. The summed E-state index contributed by atoms with van der Waals surface area (Å²) < 4.78 is 29.3. The number of ether oxygens (including phenoxy) is 1. The Morgan fingerprint density at radius 2 is 2.00 bits per heavy atom. The number of nitrogens with two attached hydrogens (primary N) is 1. The van der Waals surface area contributed by atoms with Crippen LogP contribution >= 0.6 is 0 Å². The van der Waals surface area contributed by atoms with Gasteiger partial charge in [0.05, 0.1) is 10.6 Å². The molecule has 2 aromatic carbocycles. The van der Waals surface area contributed by atoms with Gasteiger partial charge in [0, 0.05) is 18.0 Å². The van der Waals surface area contributed by atoms with Gasteiger partial charge >= 0.3 is 5.97 Å². The number of hydrogen-bond donors (Lipinski definition) is 1. The van der Waals surface area contributed by atoms with Gasteiger partial charge in [0.2, 0.25) is 0 Å². The third-order valence-corrected chi connectivity index (χ3v) is 4.59. The zero-order valence-electron chi connectivity index (χ0n) is 11.0. The topological polar surface area (TPSA) is 86.5 Å². The minimum atomic E-state index is -3.53. The summed E-state index contributed by atoms with van der Waals surface area (Å²) in [6, 6.07) is 10.2. The van der Waals surface area contributed by atoms with Gasteiger partial charge in [-0.1, -0.05) is 18.2 Å². The standard InChI is InChI=1S/C14H15NO4S/c1-10(16)19-7-8-20(17,18)14-4-2-3-11-5-6-12(15)9-13(11)14/h2-6,9H,7-8,15H2,1H3. The predicted molar refractivity (Wildman–Crippen MR) is 77.0 cm³/mol. The summed E-state index contributed by atoms with van der Waals surface area (Å²) in [4.78, 5) is 10.9. The molecule has 2 aromatic rings. The van der Waals surface area contributed by atoms with Crippen molar-refractivity contribution < 1.29 is 17.9 Å². The summed E-state index contributed by atoms with van der Waals surface area (Å²) in [5.41, 5.74) is 6.21. The second kappa shape index (κ2) is 5.50. The van der Waals surface area contributed by atoms with Crippen LogP contribution in [0.5, 0.6) is 0 Å². The lowest BCUT2D eigenvalue weighted by Crippen LogP contribution is -2.14. The van der Waals surface area contributed by atoms with E-state index in [1.165, 1.54) is 13.0 Å². The van der Waals surface area contributed by atoms with Crippen molar-refractivity contribution in [3.63, 3.8) is 0 Å². The van der Waals surface area contributed by atoms with Crippen LogP contribution in [0.1, 0.15) is 6.92 Å². The van der Waals surface area contributed by atoms with E-state index in [1.807, 2.05) is 6.07 Å². The van der Waals surface area contributed by atoms with Gasteiger partial charge in [0.25, 0.3) is 0 Å². The van der Waals surface area contributed by atoms with Gasteiger partial charge in [-0.15, -0.1) is 0 Å². The summed E-state index contributed by atoms with van der Waals surface area (Å²) in [5.74, 6) is -0.747. The minimum absolute atomic E-state index is 0.156. The third-order valence-electron chi connectivity index (χ3n) is 2.86. The number of sulfone groups is 1. The summed E-state index contributed by atoms with van der Waals surface area (Å²) >= 11 is 0. The Bertz CT molecular complexity index is 753. The highest BCUT2D eigenvalue weighted by atomic mass is 32.2. The molecule has 0 bridgehead atoms. The van der Waals surface area contributed by atoms with Crippen LogP contribution in [-0.2, 0) is 19.4 Å². The maximum atomic E-state index is 12.3. The number of hydrogen-bond acceptors (Lipinski definition) is 5. The van der Waals surface area contributed by atoms with E-state index in [9.17, 15) is 13.2 Å². The van der Waals surface area contributed by atoms with Crippen LogP contribution in [-0.4, -0.2) is 26.7 Å². The first-order valence-electron chi connectivity index (χ1n) is 6.04. The second-order valence-electron chi connectivity index (χ2n) is 4.40. The molecule has 0 aliphatic carbocycles. The number of rotatable bonds is 4. The van der Waals surface area contributed by atoms with Gasteiger partial charge in [0.1, 0.15) is 6.61 Å². The zero-order chi connectivity index (χ0) is 14.8. The highest BCUT2D eigenvalue weighted by molar-refractivity contribution is 7.91. The Balaban J connectivity index is 2.41. The van der Waals surface area contributed by atoms with Crippen LogP contribution < -0.4 is 5.73 Å². The van der Waals surface area contributed by atoms with Crippen molar-refractivity contribution in [1.82, 2.24) is 0 Å². The van der Waals surface area contributed by atoms with Gasteiger partial charge in [-0.05, 0) is 23.6 Å². The number of nitrogen functional groups attached to an aromatic ring is 1. The molecule has 0 aliphatic heterocycles. The molecular weight excluding hydrogens is 278 g/mol. The Kier molecular flexibility index (Phi) is 3.94. The van der Waals surface area contributed by atoms with Gasteiger partial charge < -0.3 is 10.5 Å². The summed E-state index contributed by atoms with van der Waals surface area (Å²) in [5, 5.41) is 1.38. The molecular formula is C14H15NO4S. The van der Waals surface area contributed by atoms with E-state index in [-0.39, 0.29) is 17.3 Å². The van der Waals surface area contributed by atoms with Crippen molar-refractivity contribution in [3.05, 3.63) is 36.4 Å². The van der Waals surface area contributed by atoms with Crippen molar-refractivity contribution in [1.29, 1.82) is 0 Å². The Morgan fingerprint density at radius 3 is 2.70 bits per heavy atom. The number of carbonyl (C=O) groups is 1. The molecule has 2 rings (SSSR count). The summed E-state index contributed by atoms with van der Waals surface area (Å²) in [6.07, 6.45) is 0. The van der Waals surface area contributed by atoms with Crippen LogP contribution in [0.4, 0.5) is 5.69 Å². The fourth-order valence-corrected chi connectivity index (χ4v) is 3.26. The molecule has 0 radical (unpaired) electrons. The van der Waals surface area contributed by atoms with E-state index >= 15 is 0 Å². The lowest BCUT2D eigenvalue weighted by molar-refractivity contribution is -0.140. The SMILES string of the molecule is CC(=O)OCCS(=O)(=O)c1cccc2ccc(N)cc12. The zero-order valence-corrected chi connectivity index (χ0v) is 11.8. The largest absolute Gasteiger partial charge is 0.465 e. The van der Waals surface area contributed by atoms with Crippen molar-refractivity contribution >= 4 is 32.3 Å². The Morgan fingerprint density at radius 1 is 1.25 bits per heavy atom. The smallest absolute Gasteiger partial charge is 0.302 e. The van der Waals surface area contributed by atoms with E-state index in [1.54, 1.807) is 24.3 Å². The first kappa shape index (κ1) is 14.3. The molecule has 6 heteroatoms. The quantitative estimate of drug-likeness (QED) is 0.685. The normalized spacial score (nSPS) is 11.4. The third kappa shape index (κ3) is 3.08. The van der Waals surface area contributed by atoms with Gasteiger partial charge in [-0.25, -0.2) is 8.42 Å². The number of anilines is 1. The van der Waals surface area contributed by atoms with Gasteiger partial charge in [-0.2, -0.15) is 0 Å². The van der Waals surface area contributed by atoms with Gasteiger partial charge in [0.15, 0.2) is 9.84 Å². The molecule has 0 unspecified atom stereocenters. The van der Waals surface area contributed by atoms with E-state index in [0.717, 1.165) is 5.39 Å². The van der Waals surface area contributed by atoms with E-state index < -0.39 is 15.8 Å². The first-order chi connectivity index (χ1) is 9.40. The van der Waals surface area contributed by atoms with Crippen molar-refractivity contribution in [3.8, 4) is 0 Å². The lowest BCUT2D eigenvalue weighted by atomic mass is 10.1. The molecule has 0 heterocycles. The molecule has 0 aliphatic rings. The fraction of sp³-hybridized carbons (Fsp3) is 0.214. The Labute approximate surface area is 117 Å². The fourth-order valence-electron chi connectivity index (χ4n) is 1.94. The first-order valence-corrected chi connectivity index (χ1v) is 7.70. The minimum Gasteiger partial charge on any atom is -0.465 e. The van der Waals surface area contributed by atoms with Crippen LogP contribution in [0.15, 0.2) is 41.3 Å². The molecule has 106 valence electrons. The number of esters is 1. The van der Waals surface area contributed by atoms with Crippen molar-refractivity contribution in [2.24, 2.45) is 0 Å². The van der Waals surface area contributed by atoms with E-state index in [0.29, 0.717) is 11.1 Å². The van der Waals surface area contributed by atoms with Crippen LogP contribution in [0.2, 0.25) is 0 Å². The second-order valence-corrected chi connectivity index (χ2v) is 6.47.